The lowest BCUT2D eigenvalue weighted by atomic mass is 10.2. The number of hydrogen-bond donors (Lipinski definition) is 2. The van der Waals surface area contributed by atoms with Gasteiger partial charge in [0.15, 0.2) is 5.11 Å². The van der Waals surface area contributed by atoms with Crippen molar-refractivity contribution in [2.75, 3.05) is 36.4 Å². The number of carbonyl (C=O) groups is 2. The van der Waals surface area contributed by atoms with E-state index in [0.717, 1.165) is 14.1 Å². The highest BCUT2D eigenvalue weighted by Gasteiger charge is 2.24. The molecule has 0 unspecified atom stereocenters. The van der Waals surface area contributed by atoms with Crippen LogP contribution in [0.3, 0.4) is 0 Å². The number of piperazine rings is 1. The second-order valence-corrected chi connectivity index (χ2v) is 10.2. The van der Waals surface area contributed by atoms with E-state index in [4.69, 9.17) is 23.8 Å². The van der Waals surface area contributed by atoms with Gasteiger partial charge in [-0.1, -0.05) is 29.8 Å². The van der Waals surface area contributed by atoms with Gasteiger partial charge in [-0.05, 0) is 76.6 Å². The molecule has 0 bridgehead atoms. The van der Waals surface area contributed by atoms with Gasteiger partial charge in [-0.25, -0.2) is 0 Å². The molecule has 2 heterocycles. The van der Waals surface area contributed by atoms with Crippen molar-refractivity contribution in [1.82, 2.24) is 10.2 Å². The molecule has 1 aromatic heterocycles. The fraction of sp³-hybridized carbons (Fsp3) is 0.174. The maximum atomic E-state index is 12.5. The van der Waals surface area contributed by atoms with E-state index in [0.29, 0.717) is 42.5 Å². The molecule has 2 amide bonds. The lowest BCUT2D eigenvalue weighted by Gasteiger charge is -2.36. The average Bonchev–Trinajstić information content (AvgIpc) is 3.34. The van der Waals surface area contributed by atoms with Gasteiger partial charge in [-0.3, -0.25) is 14.9 Å². The third kappa shape index (κ3) is 5.84. The first-order valence-corrected chi connectivity index (χ1v) is 12.9. The Hall–Kier alpha value is -2.21. The number of rotatable bonds is 4. The van der Waals surface area contributed by atoms with Gasteiger partial charge in [0.25, 0.3) is 11.8 Å². The Labute approximate surface area is 220 Å². The highest BCUT2D eigenvalue weighted by Crippen LogP contribution is 2.30. The summed E-state index contributed by atoms with van der Waals surface area (Å²) < 4.78 is 0.847. The van der Waals surface area contributed by atoms with Crippen LogP contribution in [-0.2, 0) is 0 Å². The molecule has 2 N–H and O–H groups in total. The van der Waals surface area contributed by atoms with Crippen molar-refractivity contribution in [2.45, 2.75) is 0 Å². The van der Waals surface area contributed by atoms with Gasteiger partial charge in [0.2, 0.25) is 0 Å². The van der Waals surface area contributed by atoms with Crippen LogP contribution in [0.25, 0.3) is 0 Å². The first kappa shape index (κ1) is 23.9. The fourth-order valence-corrected chi connectivity index (χ4v) is 5.36. The number of thiocarbonyl (C=S) groups is 1. The van der Waals surface area contributed by atoms with Gasteiger partial charge in [0.05, 0.1) is 21.2 Å². The van der Waals surface area contributed by atoms with E-state index >= 15 is 0 Å². The van der Waals surface area contributed by atoms with Crippen LogP contribution in [0, 0.1) is 3.57 Å². The van der Waals surface area contributed by atoms with Crippen LogP contribution in [0.1, 0.15) is 20.0 Å². The first-order valence-electron chi connectivity index (χ1n) is 10.2. The zero-order valence-electron chi connectivity index (χ0n) is 17.4. The molecule has 0 radical (unpaired) electrons. The Balaban J connectivity index is 1.33. The molecule has 170 valence electrons. The van der Waals surface area contributed by atoms with E-state index < -0.39 is 0 Å². The van der Waals surface area contributed by atoms with Crippen LogP contribution >= 0.6 is 57.7 Å². The minimum Gasteiger partial charge on any atom is -0.367 e. The Morgan fingerprint density at radius 3 is 2.45 bits per heavy atom. The number of nitrogens with one attached hydrogen (secondary N) is 2. The summed E-state index contributed by atoms with van der Waals surface area (Å²) >= 11 is 15.4. The smallest absolute Gasteiger partial charge is 0.264 e. The summed E-state index contributed by atoms with van der Waals surface area (Å²) in [6, 6.07) is 16.6. The van der Waals surface area contributed by atoms with E-state index in [9.17, 15) is 9.59 Å². The maximum absolute atomic E-state index is 12.5. The summed E-state index contributed by atoms with van der Waals surface area (Å²) in [7, 11) is 0. The van der Waals surface area contributed by atoms with Gasteiger partial charge in [0.1, 0.15) is 0 Å². The van der Waals surface area contributed by atoms with Gasteiger partial charge in [-0.2, -0.15) is 0 Å². The monoisotopic (exact) mass is 610 g/mol. The fourth-order valence-electron chi connectivity index (χ4n) is 3.53. The summed E-state index contributed by atoms with van der Waals surface area (Å²) in [6.45, 7) is 2.69. The molecule has 1 aliphatic heterocycles. The topological polar surface area (TPSA) is 64.7 Å². The number of anilines is 2. The standard InChI is InChI=1S/C23H20ClIN4O2S2/c24-17-14-15(26-23(32)27-21(30)16-4-1-2-5-18(16)25)7-8-19(17)28-9-11-29(12-10-28)22(31)20-6-3-13-33-20/h1-8,13-14H,9-12H2,(H2,26,27,30,32). The number of amides is 2. The molecule has 0 aliphatic carbocycles. The molecule has 1 fully saturated rings. The molecule has 10 heteroatoms. The molecule has 0 atom stereocenters. The van der Waals surface area contributed by atoms with Crippen LogP contribution < -0.4 is 15.5 Å². The van der Waals surface area contributed by atoms with Crippen LogP contribution in [0.15, 0.2) is 60.0 Å². The molecule has 1 aliphatic rings. The number of hydrogen-bond acceptors (Lipinski definition) is 5. The molecule has 0 spiro atoms. The maximum Gasteiger partial charge on any atom is 0.264 e. The van der Waals surface area contributed by atoms with Crippen LogP contribution in [0.2, 0.25) is 5.02 Å². The third-order valence-electron chi connectivity index (χ3n) is 5.19. The summed E-state index contributed by atoms with van der Waals surface area (Å²) in [4.78, 5) is 29.8. The third-order valence-corrected chi connectivity index (χ3v) is 7.50. The zero-order chi connectivity index (χ0) is 23.4. The Bertz CT molecular complexity index is 1180. The van der Waals surface area contributed by atoms with Crippen molar-refractivity contribution in [3.05, 3.63) is 79.0 Å². The summed E-state index contributed by atoms with van der Waals surface area (Å²) in [5, 5.41) is 8.40. The first-order chi connectivity index (χ1) is 15.9. The van der Waals surface area contributed by atoms with Crippen molar-refractivity contribution in [1.29, 1.82) is 0 Å². The molecule has 6 nitrogen and oxygen atoms in total. The number of nitrogens with zero attached hydrogens (tertiary/aromatic N) is 2. The van der Waals surface area contributed by atoms with Crippen LogP contribution in [0.5, 0.6) is 0 Å². The van der Waals surface area contributed by atoms with Gasteiger partial charge in [-0.15, -0.1) is 11.3 Å². The largest absolute Gasteiger partial charge is 0.367 e. The van der Waals surface area contributed by atoms with Gasteiger partial charge < -0.3 is 15.1 Å². The molecule has 4 rings (SSSR count). The SMILES string of the molecule is O=C(NC(=S)Nc1ccc(N2CCN(C(=O)c3cccs3)CC2)c(Cl)c1)c1ccccc1I. The predicted molar refractivity (Wildman–Crippen MR) is 147 cm³/mol. The lowest BCUT2D eigenvalue weighted by molar-refractivity contribution is 0.0751. The summed E-state index contributed by atoms with van der Waals surface area (Å²) in [5.41, 5.74) is 2.15. The van der Waals surface area contributed by atoms with Crippen molar-refractivity contribution in [3.8, 4) is 0 Å². The minimum atomic E-state index is -0.268. The highest BCUT2D eigenvalue weighted by atomic mass is 127. The number of benzene rings is 2. The molecule has 3 aromatic rings. The van der Waals surface area contributed by atoms with E-state index in [1.165, 1.54) is 11.3 Å². The van der Waals surface area contributed by atoms with Crippen LogP contribution in [0.4, 0.5) is 11.4 Å². The van der Waals surface area contributed by atoms with E-state index in [2.05, 4.69) is 38.1 Å². The quantitative estimate of drug-likeness (QED) is 0.318. The van der Waals surface area contributed by atoms with Crippen molar-refractivity contribution in [2.24, 2.45) is 0 Å². The summed E-state index contributed by atoms with van der Waals surface area (Å²) in [5.74, 6) is -0.189. The van der Waals surface area contributed by atoms with E-state index in [1.807, 2.05) is 52.7 Å². The predicted octanol–water partition coefficient (Wildman–Crippen LogP) is 5.10. The number of thiophene rings is 1. The molecular weight excluding hydrogens is 591 g/mol. The van der Waals surface area contributed by atoms with Crippen molar-refractivity contribution < 1.29 is 9.59 Å². The van der Waals surface area contributed by atoms with E-state index in [-0.39, 0.29) is 16.9 Å². The number of carbonyl (C=O) groups excluding carboxylic acids is 2. The molecule has 33 heavy (non-hydrogen) atoms. The molecule has 2 aromatic carbocycles. The number of halogens is 2. The van der Waals surface area contributed by atoms with Crippen molar-refractivity contribution in [3.63, 3.8) is 0 Å². The second kappa shape index (κ2) is 10.8. The zero-order valence-corrected chi connectivity index (χ0v) is 21.9. The molecular formula is C23H20ClIN4O2S2. The van der Waals surface area contributed by atoms with Crippen LogP contribution in [-0.4, -0.2) is 48.0 Å². The Morgan fingerprint density at radius 1 is 1.03 bits per heavy atom. The summed E-state index contributed by atoms with van der Waals surface area (Å²) in [6.07, 6.45) is 0. The minimum absolute atomic E-state index is 0.0797. The van der Waals surface area contributed by atoms with Crippen molar-refractivity contribution >= 4 is 86.0 Å². The lowest BCUT2D eigenvalue weighted by Crippen LogP contribution is -2.48. The van der Waals surface area contributed by atoms with Gasteiger partial charge in [0, 0.05) is 35.4 Å². The molecule has 0 saturated carbocycles. The van der Waals surface area contributed by atoms with Gasteiger partial charge >= 0.3 is 0 Å². The normalized spacial score (nSPS) is 13.5. The second-order valence-electron chi connectivity index (χ2n) is 7.31. The Morgan fingerprint density at radius 2 is 1.79 bits per heavy atom. The van der Waals surface area contributed by atoms with E-state index in [1.54, 1.807) is 12.1 Å². The Kier molecular flexibility index (Phi) is 7.84. The highest BCUT2D eigenvalue weighted by molar-refractivity contribution is 14.1. The average molecular weight is 611 g/mol. The molecule has 1 saturated heterocycles.